The van der Waals surface area contributed by atoms with Crippen LogP contribution in [0.2, 0.25) is 0 Å². The predicted octanol–water partition coefficient (Wildman–Crippen LogP) is 4.18. The summed E-state index contributed by atoms with van der Waals surface area (Å²) in [5, 5.41) is 3.11. The second kappa shape index (κ2) is 5.43. The number of hydrogen-bond acceptors (Lipinski definition) is 2. The first-order valence-corrected chi connectivity index (χ1v) is 7.12. The van der Waals surface area contributed by atoms with Gasteiger partial charge in [0.1, 0.15) is 0 Å². The highest BCUT2D eigenvalue weighted by atomic mass is 32.2. The molecular weight excluding hydrogens is 259 g/mol. The first-order chi connectivity index (χ1) is 8.47. The van der Waals surface area contributed by atoms with E-state index in [4.69, 9.17) is 0 Å². The lowest BCUT2D eigenvalue weighted by molar-refractivity contribution is -0.138. The second-order valence-electron chi connectivity index (χ2n) is 4.64. The third-order valence-electron chi connectivity index (χ3n) is 3.16. The van der Waals surface area contributed by atoms with Crippen molar-refractivity contribution in [1.82, 2.24) is 0 Å². The van der Waals surface area contributed by atoms with Crippen LogP contribution < -0.4 is 5.32 Å². The van der Waals surface area contributed by atoms with Crippen LogP contribution in [0.25, 0.3) is 0 Å². The minimum atomic E-state index is -4.27. The molecule has 1 atom stereocenters. The quantitative estimate of drug-likeness (QED) is 0.888. The van der Waals surface area contributed by atoms with Gasteiger partial charge in [-0.05, 0) is 48.5 Å². The Bertz CT molecular complexity index is 411. The van der Waals surface area contributed by atoms with Gasteiger partial charge in [0, 0.05) is 12.2 Å². The summed E-state index contributed by atoms with van der Waals surface area (Å²) < 4.78 is 38.2. The molecule has 1 aliphatic rings. The standard InChI is InChI=1S/C13H16F3NS/c1-9-2-3-11(6-12(9)13(14,15)16)17-7-10-4-5-18-8-10/h2-3,6,10,17H,4-5,7-8H2,1H3. The van der Waals surface area contributed by atoms with E-state index < -0.39 is 11.7 Å². The van der Waals surface area contributed by atoms with Crippen LogP contribution in [0.5, 0.6) is 0 Å². The fraction of sp³-hybridized carbons (Fsp3) is 0.538. The third-order valence-corrected chi connectivity index (χ3v) is 4.39. The lowest BCUT2D eigenvalue weighted by Crippen LogP contribution is -2.14. The fourth-order valence-corrected chi connectivity index (χ4v) is 3.33. The molecule has 0 bridgehead atoms. The number of alkyl halides is 3. The van der Waals surface area contributed by atoms with E-state index in [2.05, 4.69) is 5.32 Å². The SMILES string of the molecule is Cc1ccc(NCC2CCSC2)cc1C(F)(F)F. The zero-order valence-electron chi connectivity index (χ0n) is 10.2. The third kappa shape index (κ3) is 3.34. The summed E-state index contributed by atoms with van der Waals surface area (Å²) in [6.07, 6.45) is -3.12. The number of rotatable bonds is 3. The van der Waals surface area contributed by atoms with Gasteiger partial charge in [-0.1, -0.05) is 6.07 Å². The van der Waals surface area contributed by atoms with Gasteiger partial charge in [0.2, 0.25) is 0 Å². The lowest BCUT2D eigenvalue weighted by atomic mass is 10.1. The number of hydrogen-bond donors (Lipinski definition) is 1. The Kier molecular flexibility index (Phi) is 4.10. The Morgan fingerprint density at radius 1 is 1.39 bits per heavy atom. The van der Waals surface area contributed by atoms with Gasteiger partial charge in [-0.2, -0.15) is 24.9 Å². The molecule has 100 valence electrons. The number of thioether (sulfide) groups is 1. The molecule has 1 heterocycles. The van der Waals surface area contributed by atoms with Crippen LogP contribution >= 0.6 is 11.8 Å². The van der Waals surface area contributed by atoms with E-state index in [0.29, 0.717) is 11.6 Å². The molecule has 1 nitrogen and oxygen atoms in total. The normalized spacial score (nSPS) is 20.1. The number of halogens is 3. The number of aryl methyl sites for hydroxylation is 1. The van der Waals surface area contributed by atoms with Gasteiger partial charge in [-0.3, -0.25) is 0 Å². The summed E-state index contributed by atoms with van der Waals surface area (Å²) in [7, 11) is 0. The van der Waals surface area contributed by atoms with Crippen molar-refractivity contribution in [3.63, 3.8) is 0 Å². The van der Waals surface area contributed by atoms with E-state index in [1.807, 2.05) is 11.8 Å². The van der Waals surface area contributed by atoms with E-state index in [-0.39, 0.29) is 5.56 Å². The Morgan fingerprint density at radius 3 is 2.78 bits per heavy atom. The monoisotopic (exact) mass is 275 g/mol. The van der Waals surface area contributed by atoms with Crippen LogP contribution in [0.1, 0.15) is 17.5 Å². The van der Waals surface area contributed by atoms with Gasteiger partial charge >= 0.3 is 6.18 Å². The fourth-order valence-electron chi connectivity index (χ4n) is 2.04. The summed E-state index contributed by atoms with van der Waals surface area (Å²) in [6.45, 7) is 2.24. The molecule has 1 N–H and O–H groups in total. The lowest BCUT2D eigenvalue weighted by Gasteiger charge is -2.15. The van der Waals surface area contributed by atoms with Crippen molar-refractivity contribution in [1.29, 1.82) is 0 Å². The van der Waals surface area contributed by atoms with E-state index >= 15 is 0 Å². The molecule has 0 aromatic heterocycles. The highest BCUT2D eigenvalue weighted by molar-refractivity contribution is 7.99. The van der Waals surface area contributed by atoms with Gasteiger partial charge in [0.05, 0.1) is 5.56 Å². The van der Waals surface area contributed by atoms with Crippen molar-refractivity contribution < 1.29 is 13.2 Å². The first-order valence-electron chi connectivity index (χ1n) is 5.96. The summed E-state index contributed by atoms with van der Waals surface area (Å²) >= 11 is 1.91. The van der Waals surface area contributed by atoms with Crippen LogP contribution in [0, 0.1) is 12.8 Å². The topological polar surface area (TPSA) is 12.0 Å². The summed E-state index contributed by atoms with van der Waals surface area (Å²) in [5.74, 6) is 2.84. The second-order valence-corrected chi connectivity index (χ2v) is 5.79. The maximum Gasteiger partial charge on any atom is 0.416 e. The van der Waals surface area contributed by atoms with Gasteiger partial charge < -0.3 is 5.32 Å². The van der Waals surface area contributed by atoms with Crippen molar-refractivity contribution in [3.05, 3.63) is 29.3 Å². The van der Waals surface area contributed by atoms with Crippen molar-refractivity contribution in [3.8, 4) is 0 Å². The van der Waals surface area contributed by atoms with E-state index in [1.54, 1.807) is 6.07 Å². The van der Waals surface area contributed by atoms with Crippen molar-refractivity contribution >= 4 is 17.4 Å². The highest BCUT2D eigenvalue weighted by Gasteiger charge is 2.32. The highest BCUT2D eigenvalue weighted by Crippen LogP contribution is 2.33. The molecule has 2 rings (SSSR count). The van der Waals surface area contributed by atoms with Crippen molar-refractivity contribution in [2.24, 2.45) is 5.92 Å². The van der Waals surface area contributed by atoms with Crippen LogP contribution in [0.4, 0.5) is 18.9 Å². The molecule has 0 spiro atoms. The van der Waals surface area contributed by atoms with E-state index in [0.717, 1.165) is 24.5 Å². The summed E-state index contributed by atoms with van der Waals surface area (Å²) in [6, 6.07) is 4.44. The molecule has 1 saturated heterocycles. The van der Waals surface area contributed by atoms with Crippen molar-refractivity contribution in [2.75, 3.05) is 23.4 Å². The average molecular weight is 275 g/mol. The zero-order chi connectivity index (χ0) is 13.2. The zero-order valence-corrected chi connectivity index (χ0v) is 11.0. The van der Waals surface area contributed by atoms with Crippen molar-refractivity contribution in [2.45, 2.75) is 19.5 Å². The summed E-state index contributed by atoms with van der Waals surface area (Å²) in [4.78, 5) is 0. The van der Waals surface area contributed by atoms with E-state index in [1.165, 1.54) is 19.1 Å². The minimum Gasteiger partial charge on any atom is -0.385 e. The molecule has 1 aromatic rings. The molecule has 1 aliphatic heterocycles. The number of nitrogens with one attached hydrogen (secondary N) is 1. The van der Waals surface area contributed by atoms with E-state index in [9.17, 15) is 13.2 Å². The first kappa shape index (κ1) is 13.6. The van der Waals surface area contributed by atoms with Gasteiger partial charge in [0.25, 0.3) is 0 Å². The largest absolute Gasteiger partial charge is 0.416 e. The molecule has 0 saturated carbocycles. The molecule has 0 amide bonds. The van der Waals surface area contributed by atoms with Crippen LogP contribution in [0.3, 0.4) is 0 Å². The maximum absolute atomic E-state index is 12.7. The summed E-state index contributed by atoms with van der Waals surface area (Å²) in [5.41, 5.74) is 0.280. The maximum atomic E-state index is 12.7. The van der Waals surface area contributed by atoms with Crippen LogP contribution in [0.15, 0.2) is 18.2 Å². The molecule has 5 heteroatoms. The Hall–Kier alpha value is -0.840. The number of anilines is 1. The molecule has 1 fully saturated rings. The number of benzene rings is 1. The molecule has 18 heavy (non-hydrogen) atoms. The van der Waals surface area contributed by atoms with Gasteiger partial charge in [0.15, 0.2) is 0 Å². The van der Waals surface area contributed by atoms with Crippen LogP contribution in [-0.2, 0) is 6.18 Å². The molecule has 0 radical (unpaired) electrons. The smallest absolute Gasteiger partial charge is 0.385 e. The molecular formula is C13H16F3NS. The van der Waals surface area contributed by atoms with Crippen LogP contribution in [-0.4, -0.2) is 18.1 Å². The Balaban J connectivity index is 2.04. The Labute approximate surface area is 109 Å². The predicted molar refractivity (Wildman–Crippen MR) is 70.1 cm³/mol. The molecule has 0 aliphatic carbocycles. The van der Waals surface area contributed by atoms with Gasteiger partial charge in [-0.25, -0.2) is 0 Å². The minimum absolute atomic E-state index is 0.268. The Morgan fingerprint density at radius 2 is 2.17 bits per heavy atom. The molecule has 1 aromatic carbocycles. The molecule has 1 unspecified atom stereocenters. The van der Waals surface area contributed by atoms with Gasteiger partial charge in [-0.15, -0.1) is 0 Å². The average Bonchev–Trinajstić information content (AvgIpc) is 2.79.